The molecule has 41 heavy (non-hydrogen) atoms. The Kier molecular flexibility index (Phi) is 8.03. The minimum atomic E-state index is -0.00648. The van der Waals surface area contributed by atoms with Crippen LogP contribution in [0.3, 0.4) is 0 Å². The van der Waals surface area contributed by atoms with Crippen molar-refractivity contribution in [1.29, 1.82) is 0 Å². The fourth-order valence-electron chi connectivity index (χ4n) is 5.42. The first-order valence-corrected chi connectivity index (χ1v) is 14.8. The highest BCUT2D eigenvalue weighted by Gasteiger charge is 2.23. The number of benzene rings is 4. The zero-order valence-electron chi connectivity index (χ0n) is 23.3. The lowest BCUT2D eigenvalue weighted by molar-refractivity contribution is 0.0967. The monoisotopic (exact) mass is 563 g/mol. The number of methoxy groups -OCH3 is 2. The Labute approximate surface area is 244 Å². The van der Waals surface area contributed by atoms with Gasteiger partial charge in [0, 0.05) is 45.7 Å². The van der Waals surface area contributed by atoms with Crippen LogP contribution in [0.4, 0.5) is 0 Å². The van der Waals surface area contributed by atoms with Crippen molar-refractivity contribution in [3.05, 3.63) is 114 Å². The van der Waals surface area contributed by atoms with Crippen molar-refractivity contribution in [3.63, 3.8) is 0 Å². The van der Waals surface area contributed by atoms with E-state index in [0.29, 0.717) is 11.1 Å². The number of thiophene rings is 1. The minimum Gasteiger partial charge on any atom is -0.497 e. The quantitative estimate of drug-likeness (QED) is 0.171. The van der Waals surface area contributed by atoms with Crippen molar-refractivity contribution in [2.75, 3.05) is 27.3 Å². The van der Waals surface area contributed by atoms with Crippen molar-refractivity contribution in [2.24, 2.45) is 0 Å². The molecule has 1 fully saturated rings. The number of nitrogens with zero attached hydrogens (tertiary/aromatic N) is 1. The lowest BCUT2D eigenvalue weighted by atomic mass is 9.97. The predicted molar refractivity (Wildman–Crippen MR) is 166 cm³/mol. The Balaban J connectivity index is 1.18. The zero-order chi connectivity index (χ0) is 28.2. The van der Waals surface area contributed by atoms with Crippen LogP contribution in [-0.4, -0.2) is 44.1 Å². The van der Waals surface area contributed by atoms with Crippen LogP contribution in [0, 0.1) is 0 Å². The van der Waals surface area contributed by atoms with Crippen LogP contribution in [-0.2, 0) is 6.54 Å². The minimum absolute atomic E-state index is 0.00648. The van der Waals surface area contributed by atoms with E-state index in [0.717, 1.165) is 70.3 Å². The Morgan fingerprint density at radius 1 is 0.805 bits per heavy atom. The van der Waals surface area contributed by atoms with Crippen molar-refractivity contribution in [3.8, 4) is 27.7 Å². The van der Waals surface area contributed by atoms with E-state index in [1.807, 2.05) is 66.7 Å². The van der Waals surface area contributed by atoms with Gasteiger partial charge in [0.05, 0.1) is 14.2 Å². The van der Waals surface area contributed by atoms with E-state index in [-0.39, 0.29) is 11.9 Å². The summed E-state index contributed by atoms with van der Waals surface area (Å²) in [4.78, 5) is 17.4. The van der Waals surface area contributed by atoms with E-state index in [1.165, 1.54) is 5.56 Å². The summed E-state index contributed by atoms with van der Waals surface area (Å²) >= 11 is 1.60. The fourth-order valence-corrected chi connectivity index (χ4v) is 6.66. The molecule has 5 aromatic rings. The van der Waals surface area contributed by atoms with Gasteiger partial charge in [-0.1, -0.05) is 30.3 Å². The van der Waals surface area contributed by atoms with E-state index in [1.54, 1.807) is 25.6 Å². The van der Waals surface area contributed by atoms with Crippen LogP contribution in [0.2, 0.25) is 0 Å². The summed E-state index contributed by atoms with van der Waals surface area (Å²) < 4.78 is 18.1. The zero-order valence-corrected chi connectivity index (χ0v) is 24.2. The summed E-state index contributed by atoms with van der Waals surface area (Å²) in [5.74, 6) is 2.35. The molecular weight excluding hydrogens is 530 g/mol. The molecule has 1 aliphatic rings. The molecule has 2 heterocycles. The smallest absolute Gasteiger partial charge is 0.195 e. The van der Waals surface area contributed by atoms with Crippen LogP contribution < -0.4 is 14.2 Å². The summed E-state index contributed by atoms with van der Waals surface area (Å²) in [6.45, 7) is 3.01. The summed E-state index contributed by atoms with van der Waals surface area (Å²) in [6, 6.07) is 31.9. The molecule has 0 N–H and O–H groups in total. The van der Waals surface area contributed by atoms with Crippen molar-refractivity contribution in [2.45, 2.75) is 25.5 Å². The van der Waals surface area contributed by atoms with Crippen LogP contribution in [0.25, 0.3) is 20.5 Å². The Hall–Kier alpha value is -4.13. The average molecular weight is 564 g/mol. The fraction of sp³-hybridized carbons (Fsp3) is 0.229. The number of carbonyl (C=O) groups is 1. The van der Waals surface area contributed by atoms with Crippen LogP contribution >= 0.6 is 11.3 Å². The van der Waals surface area contributed by atoms with Gasteiger partial charge in [-0.05, 0) is 90.7 Å². The van der Waals surface area contributed by atoms with E-state index in [9.17, 15) is 4.79 Å². The van der Waals surface area contributed by atoms with E-state index < -0.39 is 0 Å². The van der Waals surface area contributed by atoms with Gasteiger partial charge in [-0.25, -0.2) is 0 Å². The van der Waals surface area contributed by atoms with E-state index >= 15 is 0 Å². The number of hydrogen-bond donors (Lipinski definition) is 0. The Bertz CT molecular complexity index is 1620. The Morgan fingerprint density at radius 2 is 1.46 bits per heavy atom. The molecule has 0 atom stereocenters. The van der Waals surface area contributed by atoms with Gasteiger partial charge in [0.15, 0.2) is 5.78 Å². The number of fused-ring (bicyclic) bond motifs is 1. The molecule has 0 radical (unpaired) electrons. The summed E-state index contributed by atoms with van der Waals surface area (Å²) in [6.07, 6.45) is 2.16. The molecular formula is C35H33NO4S. The van der Waals surface area contributed by atoms with E-state index in [4.69, 9.17) is 14.2 Å². The largest absolute Gasteiger partial charge is 0.497 e. The highest BCUT2D eigenvalue weighted by Crippen LogP contribution is 2.41. The molecule has 0 bridgehead atoms. The van der Waals surface area contributed by atoms with Gasteiger partial charge in [0.1, 0.15) is 23.4 Å². The highest BCUT2D eigenvalue weighted by atomic mass is 32.1. The van der Waals surface area contributed by atoms with Gasteiger partial charge in [-0.15, -0.1) is 11.3 Å². The lowest BCUT2D eigenvalue weighted by Crippen LogP contribution is -2.37. The standard InChI is InChI=1S/C35H33NO4S/c1-38-27-12-10-26(11-13-27)35-33(31-17-16-30(39-2)22-32(31)41-35)34(37)25-8-14-28(15-9-25)40-29-18-20-36(21-19-29)23-24-6-4-3-5-7-24/h3-17,22,29H,18-21,23H2,1-2H3. The Morgan fingerprint density at radius 3 is 2.15 bits per heavy atom. The second-order valence-electron chi connectivity index (χ2n) is 10.3. The third-order valence-corrected chi connectivity index (χ3v) is 8.88. The molecule has 6 rings (SSSR count). The van der Waals surface area contributed by atoms with Gasteiger partial charge < -0.3 is 14.2 Å². The number of ketones is 1. The average Bonchev–Trinajstić information content (AvgIpc) is 3.41. The predicted octanol–water partition coefficient (Wildman–Crippen LogP) is 7.86. The summed E-state index contributed by atoms with van der Waals surface area (Å²) in [7, 11) is 3.31. The molecule has 6 heteroatoms. The molecule has 5 nitrogen and oxygen atoms in total. The topological polar surface area (TPSA) is 48.0 Å². The molecule has 0 amide bonds. The molecule has 1 aromatic heterocycles. The maximum Gasteiger partial charge on any atom is 0.195 e. The molecule has 1 saturated heterocycles. The number of ether oxygens (including phenoxy) is 3. The number of piperidine rings is 1. The van der Waals surface area contributed by atoms with Crippen LogP contribution in [0.15, 0.2) is 97.1 Å². The third-order valence-electron chi connectivity index (χ3n) is 7.68. The van der Waals surface area contributed by atoms with E-state index in [2.05, 4.69) is 35.2 Å². The van der Waals surface area contributed by atoms with Gasteiger partial charge in [0.2, 0.25) is 0 Å². The van der Waals surface area contributed by atoms with Gasteiger partial charge in [0.25, 0.3) is 0 Å². The molecule has 0 spiro atoms. The van der Waals surface area contributed by atoms with Gasteiger partial charge in [-0.3, -0.25) is 9.69 Å². The molecule has 0 aliphatic carbocycles. The number of likely N-dealkylation sites (tertiary alicyclic amines) is 1. The number of rotatable bonds is 9. The molecule has 4 aromatic carbocycles. The molecule has 0 saturated carbocycles. The molecule has 0 unspecified atom stereocenters. The normalized spacial score (nSPS) is 14.2. The van der Waals surface area contributed by atoms with Crippen molar-refractivity contribution >= 4 is 27.2 Å². The summed E-state index contributed by atoms with van der Waals surface area (Å²) in [5, 5.41) is 0.925. The second kappa shape index (κ2) is 12.2. The number of hydrogen-bond acceptors (Lipinski definition) is 6. The third kappa shape index (κ3) is 5.99. The van der Waals surface area contributed by atoms with Crippen molar-refractivity contribution < 1.29 is 19.0 Å². The molecule has 1 aliphatic heterocycles. The molecule has 208 valence electrons. The summed E-state index contributed by atoms with van der Waals surface area (Å²) in [5.41, 5.74) is 3.67. The van der Waals surface area contributed by atoms with Gasteiger partial charge >= 0.3 is 0 Å². The first-order chi connectivity index (χ1) is 20.1. The second-order valence-corrected chi connectivity index (χ2v) is 11.4. The SMILES string of the molecule is COc1ccc(-c2sc3cc(OC)ccc3c2C(=O)c2ccc(OC3CCN(Cc4ccccc4)CC3)cc2)cc1. The lowest BCUT2D eigenvalue weighted by Gasteiger charge is -2.32. The maximum absolute atomic E-state index is 14.0. The van der Waals surface area contributed by atoms with Gasteiger partial charge in [-0.2, -0.15) is 0 Å². The van der Waals surface area contributed by atoms with Crippen LogP contribution in [0.5, 0.6) is 17.2 Å². The van der Waals surface area contributed by atoms with Crippen molar-refractivity contribution in [1.82, 2.24) is 4.90 Å². The first-order valence-electron chi connectivity index (χ1n) is 13.9. The van der Waals surface area contributed by atoms with Crippen LogP contribution in [0.1, 0.15) is 34.3 Å². The maximum atomic E-state index is 14.0. The highest BCUT2D eigenvalue weighted by molar-refractivity contribution is 7.22. The number of carbonyl (C=O) groups excluding carboxylic acids is 1. The first kappa shape index (κ1) is 27.1.